The van der Waals surface area contributed by atoms with E-state index in [1.165, 1.54) is 30.6 Å². The third-order valence-electron chi connectivity index (χ3n) is 3.90. The van der Waals surface area contributed by atoms with Gasteiger partial charge in [-0.3, -0.25) is 4.79 Å². The molecule has 3 rings (SSSR count). The van der Waals surface area contributed by atoms with Gasteiger partial charge in [0, 0.05) is 17.5 Å². The fraction of sp³-hybridized carbons (Fsp3) is 0.200. The molecule has 0 aliphatic heterocycles. The molecule has 27 heavy (non-hydrogen) atoms. The average Bonchev–Trinajstić information content (AvgIpc) is 3.21. The molecular formula is C20H19FN2O3S. The maximum absolute atomic E-state index is 12.9. The number of nitrogens with zero attached hydrogens (tertiary/aromatic N) is 1. The molecule has 0 aliphatic carbocycles. The molecule has 3 aromatic rings. The van der Waals surface area contributed by atoms with Crippen LogP contribution in [0.3, 0.4) is 0 Å². The van der Waals surface area contributed by atoms with Gasteiger partial charge in [-0.05, 0) is 42.3 Å². The molecule has 1 heterocycles. The highest BCUT2D eigenvalue weighted by Gasteiger charge is 2.11. The number of benzene rings is 2. The van der Waals surface area contributed by atoms with Crippen molar-refractivity contribution < 1.29 is 18.7 Å². The third-order valence-corrected chi connectivity index (χ3v) is 4.53. The van der Waals surface area contributed by atoms with Crippen LogP contribution in [0.15, 0.2) is 53.4 Å². The van der Waals surface area contributed by atoms with Crippen molar-refractivity contribution in [1.29, 1.82) is 0 Å². The quantitative estimate of drug-likeness (QED) is 0.639. The lowest BCUT2D eigenvalue weighted by molar-refractivity contribution is 0.0953. The number of ether oxygens (including phenoxy) is 2. The van der Waals surface area contributed by atoms with Gasteiger partial charge in [0.2, 0.25) is 0 Å². The summed E-state index contributed by atoms with van der Waals surface area (Å²) in [6.07, 6.45) is 0.623. The zero-order valence-electron chi connectivity index (χ0n) is 14.8. The number of hydrogen-bond donors (Lipinski definition) is 1. The van der Waals surface area contributed by atoms with Crippen LogP contribution in [0, 0.1) is 5.82 Å². The number of halogens is 1. The molecular weight excluding hydrogens is 367 g/mol. The van der Waals surface area contributed by atoms with Crippen LogP contribution < -0.4 is 14.8 Å². The van der Waals surface area contributed by atoms with Gasteiger partial charge in [-0.2, -0.15) is 0 Å². The van der Waals surface area contributed by atoms with Gasteiger partial charge in [0.05, 0.1) is 18.3 Å². The molecule has 0 fully saturated rings. The molecule has 0 spiro atoms. The van der Waals surface area contributed by atoms with Crippen molar-refractivity contribution in [2.75, 3.05) is 13.7 Å². The molecule has 5 nitrogen and oxygen atoms in total. The first-order valence-electron chi connectivity index (χ1n) is 8.36. The number of hydrogen-bond acceptors (Lipinski definition) is 5. The highest BCUT2D eigenvalue weighted by atomic mass is 32.1. The minimum absolute atomic E-state index is 0.207. The van der Waals surface area contributed by atoms with Gasteiger partial charge in [0.1, 0.15) is 12.4 Å². The van der Waals surface area contributed by atoms with Crippen molar-refractivity contribution in [3.8, 4) is 11.5 Å². The molecule has 1 amide bonds. The average molecular weight is 386 g/mol. The van der Waals surface area contributed by atoms with Crippen molar-refractivity contribution in [2.24, 2.45) is 0 Å². The summed E-state index contributed by atoms with van der Waals surface area (Å²) in [4.78, 5) is 16.5. The molecule has 7 heteroatoms. The fourth-order valence-corrected chi connectivity index (χ4v) is 3.01. The van der Waals surface area contributed by atoms with Gasteiger partial charge in [-0.1, -0.05) is 12.1 Å². The van der Waals surface area contributed by atoms with Crippen molar-refractivity contribution in [3.63, 3.8) is 0 Å². The lowest BCUT2D eigenvalue weighted by atomic mass is 10.1. The van der Waals surface area contributed by atoms with Crippen molar-refractivity contribution >= 4 is 17.2 Å². The Kier molecular flexibility index (Phi) is 6.38. The molecule has 0 saturated carbocycles. The molecule has 0 bridgehead atoms. The zero-order chi connectivity index (χ0) is 19.1. The molecule has 0 aliphatic rings. The summed E-state index contributed by atoms with van der Waals surface area (Å²) in [5.41, 5.74) is 4.02. The van der Waals surface area contributed by atoms with E-state index in [-0.39, 0.29) is 11.7 Å². The van der Waals surface area contributed by atoms with Gasteiger partial charge >= 0.3 is 0 Å². The first-order valence-corrected chi connectivity index (χ1v) is 9.30. The Balaban J connectivity index is 1.56. The zero-order valence-corrected chi connectivity index (χ0v) is 15.6. The second kappa shape index (κ2) is 9.14. The Morgan fingerprint density at radius 2 is 2.00 bits per heavy atom. The van der Waals surface area contributed by atoms with Gasteiger partial charge in [-0.25, -0.2) is 9.37 Å². The van der Waals surface area contributed by atoms with Gasteiger partial charge in [0.25, 0.3) is 5.91 Å². The summed E-state index contributed by atoms with van der Waals surface area (Å²) in [6.45, 7) is 0.790. The SMILES string of the molecule is COc1cc(C(=O)NCCc2ccc(F)cc2)ccc1OCc1cscn1. The molecule has 0 atom stereocenters. The van der Waals surface area contributed by atoms with Gasteiger partial charge < -0.3 is 14.8 Å². The summed E-state index contributed by atoms with van der Waals surface area (Å²) >= 11 is 1.50. The summed E-state index contributed by atoms with van der Waals surface area (Å²) in [7, 11) is 1.53. The molecule has 2 aromatic carbocycles. The number of carbonyl (C=O) groups is 1. The molecule has 0 radical (unpaired) electrons. The monoisotopic (exact) mass is 386 g/mol. The molecule has 1 aromatic heterocycles. The summed E-state index contributed by atoms with van der Waals surface area (Å²) in [5.74, 6) is 0.554. The van der Waals surface area contributed by atoms with E-state index in [1.807, 2.05) is 5.38 Å². The van der Waals surface area contributed by atoms with E-state index in [0.29, 0.717) is 36.6 Å². The van der Waals surface area contributed by atoms with E-state index in [2.05, 4.69) is 10.3 Å². The molecule has 140 valence electrons. The van der Waals surface area contributed by atoms with Crippen molar-refractivity contribution in [2.45, 2.75) is 13.0 Å². The van der Waals surface area contributed by atoms with Crippen LogP contribution in [0.4, 0.5) is 4.39 Å². The van der Waals surface area contributed by atoms with Crippen molar-refractivity contribution in [3.05, 3.63) is 76.0 Å². The number of methoxy groups -OCH3 is 1. The maximum Gasteiger partial charge on any atom is 0.251 e. The van der Waals surface area contributed by atoms with Crippen LogP contribution in [0.2, 0.25) is 0 Å². The Morgan fingerprint density at radius 1 is 1.19 bits per heavy atom. The first kappa shape index (κ1) is 18.8. The fourth-order valence-electron chi connectivity index (χ4n) is 2.46. The van der Waals surface area contributed by atoms with Crippen LogP contribution >= 0.6 is 11.3 Å². The number of carbonyl (C=O) groups excluding carboxylic acids is 1. The lowest BCUT2D eigenvalue weighted by Crippen LogP contribution is -2.25. The highest BCUT2D eigenvalue weighted by molar-refractivity contribution is 7.07. The minimum atomic E-state index is -0.271. The van der Waals surface area contributed by atoms with E-state index >= 15 is 0 Å². The third kappa shape index (κ3) is 5.27. The molecule has 0 saturated heterocycles. The van der Waals surface area contributed by atoms with Crippen LogP contribution in [-0.4, -0.2) is 24.5 Å². The number of rotatable bonds is 8. The van der Waals surface area contributed by atoms with E-state index in [9.17, 15) is 9.18 Å². The standard InChI is InChI=1S/C20H19FN2O3S/c1-25-19-10-15(4-7-18(19)26-11-17-12-27-13-23-17)20(24)22-9-8-14-2-5-16(21)6-3-14/h2-7,10,12-13H,8-9,11H2,1H3,(H,22,24). The van der Waals surface area contributed by atoms with E-state index in [0.717, 1.165) is 11.3 Å². The molecule has 1 N–H and O–H groups in total. The van der Waals surface area contributed by atoms with E-state index < -0.39 is 0 Å². The smallest absolute Gasteiger partial charge is 0.251 e. The largest absolute Gasteiger partial charge is 0.493 e. The maximum atomic E-state index is 12.9. The number of thiazole rings is 1. The number of nitrogens with one attached hydrogen (secondary N) is 1. The predicted octanol–water partition coefficient (Wildman–Crippen LogP) is 3.84. The molecule has 0 unspecified atom stereocenters. The second-order valence-corrected chi connectivity index (χ2v) is 6.49. The van der Waals surface area contributed by atoms with E-state index in [4.69, 9.17) is 9.47 Å². The van der Waals surface area contributed by atoms with Gasteiger partial charge in [0.15, 0.2) is 11.5 Å². The highest BCUT2D eigenvalue weighted by Crippen LogP contribution is 2.28. The summed E-state index contributed by atoms with van der Waals surface area (Å²) in [6, 6.07) is 11.3. The predicted molar refractivity (Wildman–Crippen MR) is 102 cm³/mol. The normalized spacial score (nSPS) is 10.4. The van der Waals surface area contributed by atoms with Crippen LogP contribution in [-0.2, 0) is 13.0 Å². The first-order chi connectivity index (χ1) is 13.2. The summed E-state index contributed by atoms with van der Waals surface area (Å²) in [5, 5.41) is 4.76. The van der Waals surface area contributed by atoms with Crippen LogP contribution in [0.1, 0.15) is 21.6 Å². The Morgan fingerprint density at radius 3 is 2.70 bits per heavy atom. The number of amides is 1. The lowest BCUT2D eigenvalue weighted by Gasteiger charge is -2.12. The number of aromatic nitrogens is 1. The Bertz CT molecular complexity index is 883. The van der Waals surface area contributed by atoms with Crippen LogP contribution in [0.25, 0.3) is 0 Å². The van der Waals surface area contributed by atoms with Crippen molar-refractivity contribution in [1.82, 2.24) is 10.3 Å². The second-order valence-electron chi connectivity index (χ2n) is 5.77. The van der Waals surface area contributed by atoms with E-state index in [1.54, 1.807) is 35.8 Å². The topological polar surface area (TPSA) is 60.5 Å². The van der Waals surface area contributed by atoms with Gasteiger partial charge in [-0.15, -0.1) is 11.3 Å². The Hall–Kier alpha value is -2.93. The van der Waals surface area contributed by atoms with Crippen LogP contribution in [0.5, 0.6) is 11.5 Å². The summed E-state index contributed by atoms with van der Waals surface area (Å²) < 4.78 is 23.9. The Labute approximate surface area is 160 Å². The minimum Gasteiger partial charge on any atom is -0.493 e.